The van der Waals surface area contributed by atoms with Crippen LogP contribution in [0.15, 0.2) is 24.7 Å². The van der Waals surface area contributed by atoms with Crippen LogP contribution < -0.4 is 5.73 Å². The van der Waals surface area contributed by atoms with Gasteiger partial charge in [0, 0.05) is 18.9 Å². The van der Waals surface area contributed by atoms with Gasteiger partial charge < -0.3 is 5.73 Å². The molecular weight excluding hydrogens is 254 g/mol. The molecule has 0 aliphatic carbocycles. The number of nitrogen functional groups attached to an aromatic ring is 1. The number of anilines is 1. The highest BCUT2D eigenvalue weighted by atomic mass is 35.5. The molecule has 0 saturated heterocycles. The molecule has 3 aromatic rings. The van der Waals surface area contributed by atoms with Crippen LogP contribution in [-0.4, -0.2) is 29.5 Å². The van der Waals surface area contributed by atoms with Gasteiger partial charge >= 0.3 is 0 Å². The van der Waals surface area contributed by atoms with Crippen molar-refractivity contribution in [3.8, 4) is 0 Å². The maximum absolute atomic E-state index is 5.87. The van der Waals surface area contributed by atoms with Gasteiger partial charge in [0.2, 0.25) is 5.95 Å². The van der Waals surface area contributed by atoms with Crippen molar-refractivity contribution in [1.29, 1.82) is 0 Å². The number of rotatable bonds is 3. The monoisotopic (exact) mass is 263 g/mol. The molecule has 3 heterocycles. The number of nitrogens with two attached hydrogens (primary N) is 1. The van der Waals surface area contributed by atoms with E-state index < -0.39 is 0 Å². The highest BCUT2D eigenvalue weighted by molar-refractivity contribution is 6.31. The number of hydrogen-bond acceptors (Lipinski definition) is 5. The molecule has 7 nitrogen and oxygen atoms in total. The molecule has 0 aliphatic rings. The maximum atomic E-state index is 5.87. The van der Waals surface area contributed by atoms with E-state index in [-0.39, 0.29) is 0 Å². The van der Waals surface area contributed by atoms with Gasteiger partial charge in [-0.05, 0) is 6.07 Å². The van der Waals surface area contributed by atoms with Gasteiger partial charge in [0.1, 0.15) is 5.52 Å². The van der Waals surface area contributed by atoms with Crippen LogP contribution in [0.1, 0.15) is 0 Å². The second kappa shape index (κ2) is 4.26. The quantitative estimate of drug-likeness (QED) is 0.760. The zero-order valence-electron chi connectivity index (χ0n) is 9.36. The first-order valence-corrected chi connectivity index (χ1v) is 5.73. The number of aromatic nitrogens is 6. The minimum Gasteiger partial charge on any atom is -0.369 e. The SMILES string of the molecule is Nc1nc2cc(Cl)cnc2n1CCn1ccnn1. The Morgan fingerprint density at radius 3 is 3.00 bits per heavy atom. The van der Waals surface area contributed by atoms with Crippen molar-refractivity contribution >= 4 is 28.7 Å². The van der Waals surface area contributed by atoms with Crippen molar-refractivity contribution < 1.29 is 0 Å². The Balaban J connectivity index is 1.93. The van der Waals surface area contributed by atoms with Gasteiger partial charge in [-0.1, -0.05) is 16.8 Å². The molecule has 18 heavy (non-hydrogen) atoms. The lowest BCUT2D eigenvalue weighted by Crippen LogP contribution is -2.10. The molecule has 0 aromatic carbocycles. The van der Waals surface area contributed by atoms with Crippen LogP contribution in [-0.2, 0) is 13.1 Å². The summed E-state index contributed by atoms with van der Waals surface area (Å²) in [5.41, 5.74) is 7.28. The first-order valence-electron chi connectivity index (χ1n) is 5.35. The summed E-state index contributed by atoms with van der Waals surface area (Å²) in [5, 5.41) is 8.18. The van der Waals surface area contributed by atoms with Gasteiger partial charge in [0.15, 0.2) is 5.65 Å². The van der Waals surface area contributed by atoms with Crippen LogP contribution >= 0.6 is 11.6 Å². The molecule has 3 rings (SSSR count). The fourth-order valence-electron chi connectivity index (χ4n) is 1.78. The molecule has 0 fully saturated rings. The normalized spacial score (nSPS) is 11.2. The highest BCUT2D eigenvalue weighted by Gasteiger charge is 2.09. The molecule has 92 valence electrons. The molecule has 0 saturated carbocycles. The number of fused-ring (bicyclic) bond motifs is 1. The average Bonchev–Trinajstić information content (AvgIpc) is 2.93. The Hall–Kier alpha value is -2.15. The smallest absolute Gasteiger partial charge is 0.202 e. The fourth-order valence-corrected chi connectivity index (χ4v) is 1.93. The Kier molecular flexibility index (Phi) is 2.60. The zero-order chi connectivity index (χ0) is 12.5. The van der Waals surface area contributed by atoms with Crippen molar-refractivity contribution in [3.63, 3.8) is 0 Å². The van der Waals surface area contributed by atoms with Crippen molar-refractivity contribution in [2.45, 2.75) is 13.1 Å². The van der Waals surface area contributed by atoms with Crippen molar-refractivity contribution in [2.75, 3.05) is 5.73 Å². The zero-order valence-corrected chi connectivity index (χ0v) is 10.1. The second-order valence-corrected chi connectivity index (χ2v) is 4.22. The van der Waals surface area contributed by atoms with E-state index in [4.69, 9.17) is 17.3 Å². The molecule has 2 N–H and O–H groups in total. The van der Waals surface area contributed by atoms with E-state index in [0.717, 1.165) is 5.65 Å². The topological polar surface area (TPSA) is 87.4 Å². The van der Waals surface area contributed by atoms with E-state index in [1.807, 2.05) is 4.57 Å². The van der Waals surface area contributed by atoms with Gasteiger partial charge in [-0.15, -0.1) is 5.10 Å². The summed E-state index contributed by atoms with van der Waals surface area (Å²) in [5.74, 6) is 0.417. The summed E-state index contributed by atoms with van der Waals surface area (Å²) in [6.45, 7) is 1.28. The van der Waals surface area contributed by atoms with E-state index in [9.17, 15) is 0 Å². The average molecular weight is 264 g/mol. The maximum Gasteiger partial charge on any atom is 0.202 e. The molecule has 0 bridgehead atoms. The number of hydrogen-bond donors (Lipinski definition) is 1. The van der Waals surface area contributed by atoms with Gasteiger partial charge in [-0.25, -0.2) is 9.97 Å². The van der Waals surface area contributed by atoms with Crippen LogP contribution in [0.2, 0.25) is 5.02 Å². The van der Waals surface area contributed by atoms with Crippen LogP contribution in [0.4, 0.5) is 5.95 Å². The molecule has 0 spiro atoms. The summed E-state index contributed by atoms with van der Waals surface area (Å²) in [6, 6.07) is 1.74. The van der Waals surface area contributed by atoms with Crippen LogP contribution in [0.3, 0.4) is 0 Å². The minimum atomic E-state index is 0.417. The predicted octanol–water partition coefficient (Wildman–Crippen LogP) is 0.959. The molecular formula is C10H10ClN7. The third-order valence-corrected chi connectivity index (χ3v) is 2.81. The number of halogens is 1. The number of nitrogens with zero attached hydrogens (tertiary/aromatic N) is 6. The molecule has 0 amide bonds. The summed E-state index contributed by atoms with van der Waals surface area (Å²) >= 11 is 5.86. The largest absolute Gasteiger partial charge is 0.369 e. The van der Waals surface area contributed by atoms with E-state index >= 15 is 0 Å². The predicted molar refractivity (Wildman–Crippen MR) is 67.0 cm³/mol. The van der Waals surface area contributed by atoms with Crippen LogP contribution in [0.5, 0.6) is 0 Å². The summed E-state index contributed by atoms with van der Waals surface area (Å²) in [4.78, 5) is 8.47. The Bertz CT molecular complexity index is 673. The van der Waals surface area contributed by atoms with Crippen LogP contribution in [0.25, 0.3) is 11.2 Å². The first-order chi connectivity index (χ1) is 8.74. The van der Waals surface area contributed by atoms with E-state index in [0.29, 0.717) is 29.6 Å². The molecule has 0 unspecified atom stereocenters. The Morgan fingerprint density at radius 1 is 1.33 bits per heavy atom. The first kappa shape index (κ1) is 11.0. The minimum absolute atomic E-state index is 0.417. The molecule has 0 aliphatic heterocycles. The lowest BCUT2D eigenvalue weighted by molar-refractivity contribution is 0.527. The lowest BCUT2D eigenvalue weighted by atomic mass is 10.4. The molecule has 3 aromatic heterocycles. The van der Waals surface area contributed by atoms with E-state index in [1.165, 1.54) is 0 Å². The highest BCUT2D eigenvalue weighted by Crippen LogP contribution is 2.19. The number of imidazole rings is 1. The summed E-state index contributed by atoms with van der Waals surface area (Å²) in [7, 11) is 0. The van der Waals surface area contributed by atoms with Crippen LogP contribution in [0, 0.1) is 0 Å². The van der Waals surface area contributed by atoms with Gasteiger partial charge in [-0.3, -0.25) is 9.25 Å². The summed E-state index contributed by atoms with van der Waals surface area (Å²) < 4.78 is 3.55. The Morgan fingerprint density at radius 2 is 2.22 bits per heavy atom. The van der Waals surface area contributed by atoms with E-state index in [1.54, 1.807) is 29.3 Å². The lowest BCUT2D eigenvalue weighted by Gasteiger charge is -2.05. The number of aryl methyl sites for hydroxylation is 2. The van der Waals surface area contributed by atoms with Crippen molar-refractivity contribution in [1.82, 2.24) is 29.5 Å². The van der Waals surface area contributed by atoms with Gasteiger partial charge in [0.05, 0.1) is 17.8 Å². The second-order valence-electron chi connectivity index (χ2n) is 3.78. The standard InChI is InChI=1S/C10H10ClN7/c11-7-5-8-9(13-6-7)18(10(12)15-8)4-3-17-2-1-14-16-17/h1-2,5-6H,3-4H2,(H2,12,15). The summed E-state index contributed by atoms with van der Waals surface area (Å²) in [6.07, 6.45) is 5.00. The Labute approximate surface area is 107 Å². The fraction of sp³-hybridized carbons (Fsp3) is 0.200. The van der Waals surface area contributed by atoms with Crippen molar-refractivity contribution in [3.05, 3.63) is 29.7 Å². The number of pyridine rings is 1. The third kappa shape index (κ3) is 1.88. The van der Waals surface area contributed by atoms with Gasteiger partial charge in [0.25, 0.3) is 0 Å². The van der Waals surface area contributed by atoms with E-state index in [2.05, 4.69) is 20.3 Å². The third-order valence-electron chi connectivity index (χ3n) is 2.61. The molecule has 0 atom stereocenters. The van der Waals surface area contributed by atoms with Gasteiger partial charge in [-0.2, -0.15) is 0 Å². The molecule has 0 radical (unpaired) electrons. The molecule has 8 heteroatoms. The van der Waals surface area contributed by atoms with Crippen molar-refractivity contribution in [2.24, 2.45) is 0 Å².